The van der Waals surface area contributed by atoms with Crippen LogP contribution < -0.4 is 11.1 Å². The van der Waals surface area contributed by atoms with Crippen molar-refractivity contribution in [3.8, 4) is 0 Å². The molecule has 1 atom stereocenters. The molecule has 6 heteroatoms. The average Bonchev–Trinajstić information content (AvgIpc) is 2.57. The van der Waals surface area contributed by atoms with Gasteiger partial charge >= 0.3 is 0 Å². The zero-order chi connectivity index (χ0) is 14.4. The molecular formula is C13H24N4O2. The molecule has 0 fully saturated rings. The molecule has 6 nitrogen and oxygen atoms in total. The van der Waals surface area contributed by atoms with E-state index in [9.17, 15) is 4.79 Å². The predicted molar refractivity (Wildman–Crippen MR) is 74.8 cm³/mol. The van der Waals surface area contributed by atoms with Gasteiger partial charge in [-0.15, -0.1) is 0 Å². The third-order valence-corrected chi connectivity index (χ3v) is 3.10. The first kappa shape index (κ1) is 15.5. The zero-order valence-corrected chi connectivity index (χ0v) is 12.2. The number of nitrogens with one attached hydrogen (secondary N) is 1. The Hall–Kier alpha value is -1.56. The number of aromatic nitrogens is 2. The molecule has 3 N–H and O–H groups in total. The fraction of sp³-hybridized carbons (Fsp3) is 0.692. The highest BCUT2D eigenvalue weighted by molar-refractivity contribution is 5.76. The second-order valence-corrected chi connectivity index (χ2v) is 4.75. The quantitative estimate of drug-likeness (QED) is 0.773. The Morgan fingerprint density at radius 3 is 2.68 bits per heavy atom. The van der Waals surface area contributed by atoms with Gasteiger partial charge in [-0.1, -0.05) is 13.3 Å². The molecule has 1 unspecified atom stereocenters. The van der Waals surface area contributed by atoms with E-state index < -0.39 is 0 Å². The van der Waals surface area contributed by atoms with Crippen LogP contribution in [-0.4, -0.2) is 35.4 Å². The summed E-state index contributed by atoms with van der Waals surface area (Å²) < 4.78 is 6.73. The lowest BCUT2D eigenvalue weighted by Crippen LogP contribution is -2.40. The van der Waals surface area contributed by atoms with E-state index >= 15 is 0 Å². The normalized spacial score (nSPS) is 12.4. The van der Waals surface area contributed by atoms with Gasteiger partial charge in [0.2, 0.25) is 5.91 Å². The van der Waals surface area contributed by atoms with Crippen molar-refractivity contribution >= 4 is 11.6 Å². The first-order valence-electron chi connectivity index (χ1n) is 6.57. The molecule has 0 radical (unpaired) electrons. The van der Waals surface area contributed by atoms with Crippen molar-refractivity contribution < 1.29 is 9.53 Å². The maximum absolute atomic E-state index is 12.0. The smallest absolute Gasteiger partial charge is 0.242 e. The number of hydrogen-bond acceptors (Lipinski definition) is 4. The second-order valence-electron chi connectivity index (χ2n) is 4.75. The highest BCUT2D eigenvalue weighted by atomic mass is 16.5. The summed E-state index contributed by atoms with van der Waals surface area (Å²) in [6.07, 6.45) is 1.90. The highest BCUT2D eigenvalue weighted by Crippen LogP contribution is 2.14. The van der Waals surface area contributed by atoms with E-state index in [-0.39, 0.29) is 18.5 Å². The summed E-state index contributed by atoms with van der Waals surface area (Å²) in [6, 6.07) is 0.0526. The third kappa shape index (κ3) is 4.24. The Morgan fingerprint density at radius 2 is 2.21 bits per heavy atom. The first-order valence-corrected chi connectivity index (χ1v) is 6.57. The number of carbonyl (C=O) groups excluding carboxylic acids is 1. The number of anilines is 1. The van der Waals surface area contributed by atoms with Gasteiger partial charge in [-0.05, 0) is 20.3 Å². The van der Waals surface area contributed by atoms with Crippen LogP contribution in [0.3, 0.4) is 0 Å². The van der Waals surface area contributed by atoms with Crippen molar-refractivity contribution in [1.29, 1.82) is 0 Å². The number of rotatable bonds is 7. The lowest BCUT2D eigenvalue weighted by molar-refractivity contribution is -0.123. The van der Waals surface area contributed by atoms with Crippen molar-refractivity contribution in [2.24, 2.45) is 0 Å². The molecule has 0 aromatic carbocycles. The van der Waals surface area contributed by atoms with Gasteiger partial charge in [-0.2, -0.15) is 5.10 Å². The van der Waals surface area contributed by atoms with Gasteiger partial charge in [0.1, 0.15) is 6.54 Å². The molecule has 0 aliphatic heterocycles. The van der Waals surface area contributed by atoms with Crippen LogP contribution in [0.2, 0.25) is 0 Å². The van der Waals surface area contributed by atoms with Crippen LogP contribution in [0.25, 0.3) is 0 Å². The summed E-state index contributed by atoms with van der Waals surface area (Å²) in [5.74, 6) is -0.0684. The van der Waals surface area contributed by atoms with Crippen LogP contribution in [0.15, 0.2) is 0 Å². The van der Waals surface area contributed by atoms with Crippen LogP contribution in [-0.2, 0) is 16.1 Å². The number of carbonyl (C=O) groups is 1. The van der Waals surface area contributed by atoms with Crippen molar-refractivity contribution in [1.82, 2.24) is 15.1 Å². The third-order valence-electron chi connectivity index (χ3n) is 3.10. The minimum atomic E-state index is -0.0684. The molecule has 0 saturated carbocycles. The van der Waals surface area contributed by atoms with Gasteiger partial charge < -0.3 is 15.8 Å². The summed E-state index contributed by atoms with van der Waals surface area (Å²) in [7, 11) is 1.64. The Balaban J connectivity index is 2.60. The summed E-state index contributed by atoms with van der Waals surface area (Å²) in [6.45, 7) is 6.49. The molecule has 19 heavy (non-hydrogen) atoms. The SMILES string of the molecule is CCCC(COC)NC(=O)Cn1nc(C)c(N)c1C. The topological polar surface area (TPSA) is 82.2 Å². The number of ether oxygens (including phenoxy) is 1. The lowest BCUT2D eigenvalue weighted by atomic mass is 10.2. The Bertz CT molecular complexity index is 423. The van der Waals surface area contributed by atoms with Crippen LogP contribution in [0.1, 0.15) is 31.2 Å². The van der Waals surface area contributed by atoms with E-state index in [4.69, 9.17) is 10.5 Å². The van der Waals surface area contributed by atoms with Gasteiger partial charge in [-0.25, -0.2) is 0 Å². The van der Waals surface area contributed by atoms with E-state index in [1.54, 1.807) is 11.8 Å². The maximum atomic E-state index is 12.0. The van der Waals surface area contributed by atoms with E-state index in [0.717, 1.165) is 24.2 Å². The van der Waals surface area contributed by atoms with E-state index in [0.29, 0.717) is 12.3 Å². The fourth-order valence-corrected chi connectivity index (χ4v) is 2.02. The predicted octanol–water partition coefficient (Wildman–Crippen LogP) is 1.01. The number of hydrogen-bond donors (Lipinski definition) is 2. The Morgan fingerprint density at radius 1 is 1.53 bits per heavy atom. The number of amides is 1. The number of nitrogens with zero attached hydrogens (tertiary/aromatic N) is 2. The van der Waals surface area contributed by atoms with Crippen molar-refractivity contribution in [2.45, 2.75) is 46.2 Å². The van der Waals surface area contributed by atoms with Gasteiger partial charge in [-0.3, -0.25) is 9.48 Å². The van der Waals surface area contributed by atoms with Crippen LogP contribution in [0, 0.1) is 13.8 Å². The standard InChI is InChI=1S/C13H24N4O2/c1-5-6-11(8-19-4)15-12(18)7-17-10(3)13(14)9(2)16-17/h11H,5-8,14H2,1-4H3,(H,15,18). The molecule has 108 valence electrons. The van der Waals surface area contributed by atoms with Crippen LogP contribution in [0.4, 0.5) is 5.69 Å². The van der Waals surface area contributed by atoms with Gasteiger partial charge in [0.05, 0.1) is 29.7 Å². The molecule has 0 saturated heterocycles. The molecule has 1 rings (SSSR count). The summed E-state index contributed by atoms with van der Waals surface area (Å²) >= 11 is 0. The van der Waals surface area contributed by atoms with Crippen molar-refractivity contribution in [3.05, 3.63) is 11.4 Å². The summed E-state index contributed by atoms with van der Waals surface area (Å²) in [4.78, 5) is 12.0. The molecular weight excluding hydrogens is 244 g/mol. The molecule has 0 aliphatic carbocycles. The van der Waals surface area contributed by atoms with Crippen LogP contribution >= 0.6 is 0 Å². The van der Waals surface area contributed by atoms with E-state index in [2.05, 4.69) is 17.3 Å². The van der Waals surface area contributed by atoms with E-state index in [1.807, 2.05) is 13.8 Å². The Labute approximate surface area is 114 Å². The second kappa shape index (κ2) is 7.13. The maximum Gasteiger partial charge on any atom is 0.242 e. The van der Waals surface area contributed by atoms with Gasteiger partial charge in [0.25, 0.3) is 0 Å². The Kier molecular flexibility index (Phi) is 5.82. The van der Waals surface area contributed by atoms with E-state index in [1.165, 1.54) is 0 Å². The molecule has 1 heterocycles. The molecule has 0 aliphatic rings. The van der Waals surface area contributed by atoms with Crippen LogP contribution in [0.5, 0.6) is 0 Å². The molecule has 1 aromatic rings. The first-order chi connectivity index (χ1) is 8.99. The molecule has 1 amide bonds. The summed E-state index contributed by atoms with van der Waals surface area (Å²) in [5, 5.41) is 7.21. The lowest BCUT2D eigenvalue weighted by Gasteiger charge is -2.17. The summed E-state index contributed by atoms with van der Waals surface area (Å²) in [5.41, 5.74) is 8.07. The minimum Gasteiger partial charge on any atom is -0.396 e. The number of nitrogen functional groups attached to an aromatic ring is 1. The molecule has 0 spiro atoms. The number of nitrogens with two attached hydrogens (primary N) is 1. The van der Waals surface area contributed by atoms with Gasteiger partial charge in [0, 0.05) is 7.11 Å². The number of aryl methyl sites for hydroxylation is 1. The largest absolute Gasteiger partial charge is 0.396 e. The van der Waals surface area contributed by atoms with Gasteiger partial charge in [0.15, 0.2) is 0 Å². The highest BCUT2D eigenvalue weighted by Gasteiger charge is 2.14. The zero-order valence-electron chi connectivity index (χ0n) is 12.2. The number of methoxy groups -OCH3 is 1. The minimum absolute atomic E-state index is 0.0526. The van der Waals surface area contributed by atoms with Crippen molar-refractivity contribution in [3.63, 3.8) is 0 Å². The fourth-order valence-electron chi connectivity index (χ4n) is 2.02. The monoisotopic (exact) mass is 268 g/mol. The average molecular weight is 268 g/mol. The molecule has 1 aromatic heterocycles. The van der Waals surface area contributed by atoms with Crippen molar-refractivity contribution in [2.75, 3.05) is 19.5 Å². The molecule has 0 bridgehead atoms.